The van der Waals surface area contributed by atoms with Crippen molar-refractivity contribution in [1.29, 1.82) is 0 Å². The Bertz CT molecular complexity index is 958. The third-order valence-corrected chi connectivity index (χ3v) is 3.80. The first-order valence-electron chi connectivity index (χ1n) is 8.86. The summed E-state index contributed by atoms with van der Waals surface area (Å²) in [7, 11) is 1.57. The van der Waals surface area contributed by atoms with Crippen molar-refractivity contribution in [2.24, 2.45) is 0 Å². The number of amides is 2. The van der Waals surface area contributed by atoms with Crippen molar-refractivity contribution < 1.29 is 23.6 Å². The molecule has 2 aromatic carbocycles. The van der Waals surface area contributed by atoms with Gasteiger partial charge in [-0.1, -0.05) is 35.5 Å². The molecule has 9 nitrogen and oxygen atoms in total. The third kappa shape index (κ3) is 6.06. The number of nitrogens with one attached hydrogen (secondary N) is 2. The van der Waals surface area contributed by atoms with E-state index in [-0.39, 0.29) is 25.5 Å². The van der Waals surface area contributed by atoms with Crippen LogP contribution in [0, 0.1) is 0 Å². The number of esters is 1. The molecule has 1 aromatic heterocycles. The van der Waals surface area contributed by atoms with Crippen LogP contribution in [-0.2, 0) is 16.1 Å². The molecule has 1 heterocycles. The van der Waals surface area contributed by atoms with Crippen molar-refractivity contribution in [3.63, 3.8) is 0 Å². The molecule has 0 aliphatic carbocycles. The number of aromatic nitrogens is 2. The van der Waals surface area contributed by atoms with Crippen LogP contribution < -0.4 is 15.4 Å². The fourth-order valence-electron chi connectivity index (χ4n) is 2.38. The number of carbonyl (C=O) groups is 2. The Balaban J connectivity index is 1.39. The van der Waals surface area contributed by atoms with E-state index in [9.17, 15) is 9.59 Å². The van der Waals surface area contributed by atoms with Gasteiger partial charge >= 0.3 is 12.0 Å². The molecule has 0 bridgehead atoms. The van der Waals surface area contributed by atoms with E-state index >= 15 is 0 Å². The van der Waals surface area contributed by atoms with Crippen LogP contribution in [0.4, 0.5) is 10.5 Å². The third-order valence-electron chi connectivity index (χ3n) is 3.80. The van der Waals surface area contributed by atoms with Crippen molar-refractivity contribution in [2.45, 2.75) is 13.0 Å². The lowest BCUT2D eigenvalue weighted by molar-refractivity contribution is -0.145. The number of hydrogen-bond donors (Lipinski definition) is 2. The molecule has 29 heavy (non-hydrogen) atoms. The van der Waals surface area contributed by atoms with Gasteiger partial charge in [0.2, 0.25) is 5.82 Å². The molecule has 9 heteroatoms. The number of urea groups is 1. The first-order valence-corrected chi connectivity index (χ1v) is 8.86. The number of benzene rings is 2. The number of ether oxygens (including phenoxy) is 2. The van der Waals surface area contributed by atoms with Crippen LogP contribution in [0.25, 0.3) is 11.4 Å². The second kappa shape index (κ2) is 9.88. The zero-order chi connectivity index (χ0) is 20.5. The molecule has 3 rings (SSSR count). The van der Waals surface area contributed by atoms with Crippen LogP contribution in [0.3, 0.4) is 0 Å². The van der Waals surface area contributed by atoms with Gasteiger partial charge in [-0.05, 0) is 24.3 Å². The maximum atomic E-state index is 11.8. The highest BCUT2D eigenvalue weighted by atomic mass is 16.6. The fourth-order valence-corrected chi connectivity index (χ4v) is 2.38. The van der Waals surface area contributed by atoms with Crippen LogP contribution in [0.5, 0.6) is 5.75 Å². The van der Waals surface area contributed by atoms with E-state index in [2.05, 4.69) is 20.8 Å². The molecule has 3 aromatic rings. The van der Waals surface area contributed by atoms with Crippen molar-refractivity contribution in [1.82, 2.24) is 15.5 Å². The molecule has 0 radical (unpaired) electrons. The summed E-state index contributed by atoms with van der Waals surface area (Å²) in [5, 5.41) is 9.10. The molecule has 0 aliphatic heterocycles. The Morgan fingerprint density at radius 2 is 1.93 bits per heavy atom. The van der Waals surface area contributed by atoms with Crippen molar-refractivity contribution in [3.8, 4) is 17.1 Å². The van der Waals surface area contributed by atoms with Crippen molar-refractivity contribution >= 4 is 17.7 Å². The Labute approximate surface area is 167 Å². The topological polar surface area (TPSA) is 116 Å². The van der Waals surface area contributed by atoms with Crippen molar-refractivity contribution in [2.75, 3.05) is 19.0 Å². The first kappa shape index (κ1) is 19.9. The molecule has 0 spiro atoms. The van der Waals surface area contributed by atoms with E-state index in [1.165, 1.54) is 0 Å². The Morgan fingerprint density at radius 1 is 1.10 bits per heavy atom. The van der Waals surface area contributed by atoms with Gasteiger partial charge in [-0.2, -0.15) is 4.98 Å². The number of anilines is 1. The number of hydrogen-bond acceptors (Lipinski definition) is 7. The molecule has 0 fully saturated rings. The van der Waals surface area contributed by atoms with E-state index in [0.717, 1.165) is 5.56 Å². The predicted octanol–water partition coefficient (Wildman–Crippen LogP) is 3.00. The summed E-state index contributed by atoms with van der Waals surface area (Å²) in [6, 6.07) is 15.8. The normalized spacial score (nSPS) is 10.2. The van der Waals surface area contributed by atoms with Crippen molar-refractivity contribution in [3.05, 3.63) is 60.5 Å². The van der Waals surface area contributed by atoms with E-state index < -0.39 is 12.0 Å². The number of rotatable bonds is 8. The summed E-state index contributed by atoms with van der Waals surface area (Å²) < 4.78 is 15.3. The van der Waals surface area contributed by atoms with Gasteiger partial charge in [-0.25, -0.2) is 4.79 Å². The van der Waals surface area contributed by atoms with Crippen LogP contribution in [0.2, 0.25) is 0 Å². The fraction of sp³-hybridized carbons (Fsp3) is 0.200. The van der Waals surface area contributed by atoms with E-state index in [1.807, 2.05) is 30.3 Å². The lowest BCUT2D eigenvalue weighted by Gasteiger charge is -2.07. The molecule has 0 unspecified atom stereocenters. The average Bonchev–Trinajstić information content (AvgIpc) is 3.22. The Hall–Kier alpha value is -3.88. The lowest BCUT2D eigenvalue weighted by Crippen LogP contribution is -2.30. The predicted molar refractivity (Wildman–Crippen MR) is 104 cm³/mol. The Kier molecular flexibility index (Phi) is 6.77. The monoisotopic (exact) mass is 396 g/mol. The zero-order valence-corrected chi connectivity index (χ0v) is 15.8. The zero-order valence-electron chi connectivity index (χ0n) is 15.8. The number of methoxy groups -OCH3 is 1. The minimum absolute atomic E-state index is 0.0130. The van der Waals surface area contributed by atoms with E-state index in [0.29, 0.717) is 17.3 Å². The van der Waals surface area contributed by atoms with Crippen LogP contribution >= 0.6 is 0 Å². The number of carbonyl (C=O) groups excluding carboxylic acids is 2. The van der Waals surface area contributed by atoms with Gasteiger partial charge in [0.05, 0.1) is 13.5 Å². The van der Waals surface area contributed by atoms with Gasteiger partial charge in [-0.15, -0.1) is 0 Å². The van der Waals surface area contributed by atoms with Gasteiger partial charge in [0, 0.05) is 17.8 Å². The molecule has 2 N–H and O–H groups in total. The van der Waals surface area contributed by atoms with Crippen LogP contribution in [0.1, 0.15) is 12.3 Å². The van der Waals surface area contributed by atoms with Gasteiger partial charge in [-0.3, -0.25) is 4.79 Å². The standard InChI is InChI=1S/C20H20N4O5/c1-27-16-9-5-6-14(12-16)19-23-17(29-24-19)13-28-18(25)10-11-21-20(26)22-15-7-3-2-4-8-15/h2-9,12H,10-11,13H2,1H3,(H2,21,22,26). The SMILES string of the molecule is COc1cccc(-c2noc(COC(=O)CCNC(=O)Nc3ccccc3)n2)c1. The minimum Gasteiger partial charge on any atom is -0.497 e. The largest absolute Gasteiger partial charge is 0.497 e. The quantitative estimate of drug-likeness (QED) is 0.562. The van der Waals surface area contributed by atoms with Gasteiger partial charge in [0.1, 0.15) is 5.75 Å². The van der Waals surface area contributed by atoms with Gasteiger partial charge < -0.3 is 24.6 Å². The second-order valence-corrected chi connectivity index (χ2v) is 5.90. The second-order valence-electron chi connectivity index (χ2n) is 5.90. The molecule has 0 atom stereocenters. The smallest absolute Gasteiger partial charge is 0.319 e. The molecule has 0 aliphatic rings. The summed E-state index contributed by atoms with van der Waals surface area (Å²) in [5.74, 6) is 0.718. The highest BCUT2D eigenvalue weighted by molar-refractivity contribution is 5.89. The van der Waals surface area contributed by atoms with Crippen LogP contribution in [0.15, 0.2) is 59.1 Å². The highest BCUT2D eigenvalue weighted by Gasteiger charge is 2.12. The first-order chi connectivity index (χ1) is 14.1. The van der Waals surface area contributed by atoms with E-state index in [4.69, 9.17) is 14.0 Å². The average molecular weight is 396 g/mol. The minimum atomic E-state index is -0.494. The Morgan fingerprint density at radius 3 is 2.72 bits per heavy atom. The highest BCUT2D eigenvalue weighted by Crippen LogP contribution is 2.21. The van der Waals surface area contributed by atoms with Gasteiger partial charge in [0.25, 0.3) is 5.89 Å². The van der Waals surface area contributed by atoms with Gasteiger partial charge in [0.15, 0.2) is 6.61 Å². The molecule has 2 amide bonds. The maximum absolute atomic E-state index is 11.8. The molecular weight excluding hydrogens is 376 g/mol. The molecule has 150 valence electrons. The number of nitrogens with zero attached hydrogens (tertiary/aromatic N) is 2. The lowest BCUT2D eigenvalue weighted by atomic mass is 10.2. The maximum Gasteiger partial charge on any atom is 0.319 e. The number of para-hydroxylation sites is 1. The summed E-state index contributed by atoms with van der Waals surface area (Å²) in [4.78, 5) is 27.7. The molecule has 0 saturated heterocycles. The molecular formula is C20H20N4O5. The summed E-state index contributed by atoms with van der Waals surface area (Å²) in [6.45, 7) is -0.0115. The molecule has 0 saturated carbocycles. The summed E-state index contributed by atoms with van der Waals surface area (Å²) >= 11 is 0. The summed E-state index contributed by atoms with van der Waals surface area (Å²) in [6.07, 6.45) is 0.0130. The van der Waals surface area contributed by atoms with Crippen LogP contribution in [-0.4, -0.2) is 35.8 Å². The van der Waals surface area contributed by atoms with E-state index in [1.54, 1.807) is 31.4 Å². The summed E-state index contributed by atoms with van der Waals surface area (Å²) in [5.41, 5.74) is 1.38.